The van der Waals surface area contributed by atoms with Crippen molar-refractivity contribution < 1.29 is 9.53 Å². The van der Waals surface area contributed by atoms with Crippen LogP contribution < -0.4 is 10.1 Å². The Hall–Kier alpha value is -3.15. The van der Waals surface area contributed by atoms with E-state index in [1.54, 1.807) is 13.3 Å². The monoisotopic (exact) mass is 362 g/mol. The first-order valence-corrected chi connectivity index (χ1v) is 9.00. The second-order valence-corrected chi connectivity index (χ2v) is 6.91. The molecule has 27 heavy (non-hydrogen) atoms. The molecule has 2 N–H and O–H groups in total. The molecule has 4 rings (SSSR count). The molecule has 0 saturated carbocycles. The number of carbonyl (C=O) groups excluding carboxylic acids is 1. The molecule has 0 radical (unpaired) electrons. The van der Waals surface area contributed by atoms with Gasteiger partial charge in [0, 0.05) is 35.6 Å². The van der Waals surface area contributed by atoms with Crippen LogP contribution >= 0.6 is 0 Å². The van der Waals surface area contributed by atoms with Crippen LogP contribution in [0.4, 0.5) is 0 Å². The zero-order chi connectivity index (χ0) is 19.0. The number of benzene rings is 1. The quantitative estimate of drug-likeness (QED) is 0.750. The Kier molecular flexibility index (Phi) is 4.39. The van der Waals surface area contributed by atoms with Crippen LogP contribution in [0.1, 0.15) is 38.9 Å². The minimum atomic E-state index is -0.150. The molecule has 1 unspecified atom stereocenters. The van der Waals surface area contributed by atoms with Gasteiger partial charge in [-0.25, -0.2) is 4.98 Å². The van der Waals surface area contributed by atoms with Crippen LogP contribution in [0.25, 0.3) is 11.4 Å². The zero-order valence-electron chi connectivity index (χ0n) is 15.7. The third-order valence-corrected chi connectivity index (χ3v) is 5.03. The van der Waals surface area contributed by atoms with Crippen molar-refractivity contribution >= 4 is 5.91 Å². The van der Waals surface area contributed by atoms with Crippen molar-refractivity contribution in [1.82, 2.24) is 20.3 Å². The van der Waals surface area contributed by atoms with E-state index in [1.807, 2.05) is 44.2 Å². The van der Waals surface area contributed by atoms with Crippen LogP contribution in [-0.2, 0) is 6.42 Å². The fourth-order valence-electron chi connectivity index (χ4n) is 3.66. The average molecular weight is 362 g/mol. The van der Waals surface area contributed by atoms with E-state index >= 15 is 0 Å². The molecule has 3 aromatic rings. The lowest BCUT2D eigenvalue weighted by atomic mass is 9.93. The number of nitrogens with one attached hydrogen (secondary N) is 2. The van der Waals surface area contributed by atoms with Crippen molar-refractivity contribution in [1.29, 1.82) is 0 Å². The van der Waals surface area contributed by atoms with Crippen molar-refractivity contribution in [3.63, 3.8) is 0 Å². The summed E-state index contributed by atoms with van der Waals surface area (Å²) in [6.45, 7) is 4.53. The Morgan fingerprint density at radius 2 is 2.04 bits per heavy atom. The maximum Gasteiger partial charge on any atom is 0.271 e. The topological polar surface area (TPSA) is 79.9 Å². The molecule has 1 atom stereocenters. The number of amides is 1. The SMILES string of the molecule is COc1ccccc1C1CNC(=O)c2nc(-c3cnc(C)cc3C)[nH]c2C1. The second kappa shape index (κ2) is 6.87. The van der Waals surface area contributed by atoms with Gasteiger partial charge in [0.15, 0.2) is 0 Å². The molecule has 1 amide bonds. The molecule has 138 valence electrons. The highest BCUT2D eigenvalue weighted by atomic mass is 16.5. The summed E-state index contributed by atoms with van der Waals surface area (Å²) < 4.78 is 5.51. The standard InChI is InChI=1S/C21H22N4O2/c1-12-8-13(2)22-11-16(12)20-24-17-9-14(10-23-21(26)19(17)25-20)15-6-4-5-7-18(15)27-3/h4-8,11,14H,9-10H2,1-3H3,(H,23,26)(H,24,25). The van der Waals surface area contributed by atoms with Gasteiger partial charge in [0.25, 0.3) is 5.91 Å². The van der Waals surface area contributed by atoms with E-state index in [4.69, 9.17) is 4.74 Å². The number of H-pyrrole nitrogens is 1. The molecule has 3 heterocycles. The predicted molar refractivity (Wildman–Crippen MR) is 103 cm³/mol. The summed E-state index contributed by atoms with van der Waals surface area (Å²) >= 11 is 0. The minimum absolute atomic E-state index is 0.108. The highest BCUT2D eigenvalue weighted by Gasteiger charge is 2.28. The van der Waals surface area contributed by atoms with E-state index < -0.39 is 0 Å². The third-order valence-electron chi connectivity index (χ3n) is 5.03. The number of hydrogen-bond acceptors (Lipinski definition) is 4. The average Bonchev–Trinajstić information content (AvgIpc) is 3.02. The van der Waals surface area contributed by atoms with Crippen LogP contribution in [0.3, 0.4) is 0 Å². The Bertz CT molecular complexity index is 1010. The fourth-order valence-corrected chi connectivity index (χ4v) is 3.66. The summed E-state index contributed by atoms with van der Waals surface area (Å²) in [5.41, 5.74) is 5.33. The van der Waals surface area contributed by atoms with Crippen LogP contribution in [0, 0.1) is 13.8 Å². The van der Waals surface area contributed by atoms with E-state index in [2.05, 4.69) is 20.3 Å². The van der Waals surface area contributed by atoms with Gasteiger partial charge in [-0.1, -0.05) is 18.2 Å². The lowest BCUT2D eigenvalue weighted by Gasteiger charge is -2.17. The number of rotatable bonds is 3. The number of aromatic amines is 1. The third kappa shape index (κ3) is 3.18. The zero-order valence-corrected chi connectivity index (χ0v) is 15.7. The number of para-hydroxylation sites is 1. The summed E-state index contributed by atoms with van der Waals surface area (Å²) in [5.74, 6) is 1.47. The Balaban J connectivity index is 1.73. The summed E-state index contributed by atoms with van der Waals surface area (Å²) in [5, 5.41) is 3.00. The van der Waals surface area contributed by atoms with Crippen molar-refractivity contribution in [3.8, 4) is 17.1 Å². The van der Waals surface area contributed by atoms with Crippen LogP contribution in [-0.4, -0.2) is 34.5 Å². The number of fused-ring (bicyclic) bond motifs is 1. The predicted octanol–water partition coefficient (Wildman–Crippen LogP) is 3.17. The first kappa shape index (κ1) is 17.3. The smallest absolute Gasteiger partial charge is 0.271 e. The molecule has 6 nitrogen and oxygen atoms in total. The van der Waals surface area contributed by atoms with Crippen molar-refractivity contribution in [3.05, 3.63) is 64.7 Å². The highest BCUT2D eigenvalue weighted by Crippen LogP contribution is 2.32. The Morgan fingerprint density at radius 1 is 1.22 bits per heavy atom. The first-order valence-electron chi connectivity index (χ1n) is 9.00. The van der Waals surface area contributed by atoms with Gasteiger partial charge in [0.2, 0.25) is 0 Å². The molecule has 1 aliphatic rings. The molecule has 0 bridgehead atoms. The fraction of sp³-hybridized carbons (Fsp3) is 0.286. The molecule has 6 heteroatoms. The summed E-state index contributed by atoms with van der Waals surface area (Å²) in [7, 11) is 1.67. The molecule has 0 aliphatic carbocycles. The maximum atomic E-state index is 12.6. The van der Waals surface area contributed by atoms with Gasteiger partial charge in [-0.15, -0.1) is 0 Å². The largest absolute Gasteiger partial charge is 0.496 e. The number of imidazole rings is 1. The number of nitrogens with zero attached hydrogens (tertiary/aromatic N) is 2. The number of methoxy groups -OCH3 is 1. The maximum absolute atomic E-state index is 12.6. The van der Waals surface area contributed by atoms with Gasteiger partial charge in [-0.3, -0.25) is 9.78 Å². The van der Waals surface area contributed by atoms with E-state index in [0.717, 1.165) is 33.8 Å². The summed E-state index contributed by atoms with van der Waals surface area (Å²) in [6, 6.07) is 9.95. The van der Waals surface area contributed by atoms with Gasteiger partial charge in [0.05, 0.1) is 7.11 Å². The molecule has 0 spiro atoms. The van der Waals surface area contributed by atoms with E-state index in [-0.39, 0.29) is 11.8 Å². The number of ether oxygens (including phenoxy) is 1. The van der Waals surface area contributed by atoms with E-state index in [0.29, 0.717) is 24.5 Å². The van der Waals surface area contributed by atoms with Crippen molar-refractivity contribution in [2.45, 2.75) is 26.2 Å². The lowest BCUT2D eigenvalue weighted by Crippen LogP contribution is -2.26. The first-order chi connectivity index (χ1) is 13.1. The molecular weight excluding hydrogens is 340 g/mol. The van der Waals surface area contributed by atoms with Gasteiger partial charge >= 0.3 is 0 Å². The van der Waals surface area contributed by atoms with E-state index in [1.165, 1.54) is 0 Å². The van der Waals surface area contributed by atoms with Crippen LogP contribution in [0.5, 0.6) is 5.75 Å². The Labute approximate surface area is 158 Å². The van der Waals surface area contributed by atoms with Gasteiger partial charge in [0.1, 0.15) is 17.3 Å². The highest BCUT2D eigenvalue weighted by molar-refractivity contribution is 5.94. The van der Waals surface area contributed by atoms with Crippen molar-refractivity contribution in [2.75, 3.05) is 13.7 Å². The van der Waals surface area contributed by atoms with Gasteiger partial charge < -0.3 is 15.0 Å². The molecular formula is C21H22N4O2. The number of aryl methyl sites for hydroxylation is 2. The molecule has 2 aromatic heterocycles. The minimum Gasteiger partial charge on any atom is -0.496 e. The van der Waals surface area contributed by atoms with Gasteiger partial charge in [-0.05, 0) is 43.5 Å². The van der Waals surface area contributed by atoms with Crippen LogP contribution in [0.2, 0.25) is 0 Å². The number of pyridine rings is 1. The number of carbonyl (C=O) groups is 1. The summed E-state index contributed by atoms with van der Waals surface area (Å²) in [6.07, 6.45) is 2.48. The summed E-state index contributed by atoms with van der Waals surface area (Å²) in [4.78, 5) is 24.9. The molecule has 0 saturated heterocycles. The Morgan fingerprint density at radius 3 is 2.81 bits per heavy atom. The second-order valence-electron chi connectivity index (χ2n) is 6.91. The van der Waals surface area contributed by atoms with Crippen molar-refractivity contribution in [2.24, 2.45) is 0 Å². The molecule has 1 aromatic carbocycles. The van der Waals surface area contributed by atoms with Crippen LogP contribution in [0.15, 0.2) is 36.5 Å². The number of hydrogen-bond donors (Lipinski definition) is 2. The molecule has 0 fully saturated rings. The molecule has 1 aliphatic heterocycles. The van der Waals surface area contributed by atoms with E-state index in [9.17, 15) is 4.79 Å². The van der Waals surface area contributed by atoms with Gasteiger partial charge in [-0.2, -0.15) is 0 Å². The lowest BCUT2D eigenvalue weighted by molar-refractivity contribution is 0.0950. The number of aromatic nitrogens is 3. The normalized spacial score (nSPS) is 16.4.